The Morgan fingerprint density at radius 2 is 2.04 bits per heavy atom. The molecule has 1 aliphatic heterocycles. The molecular weight excluding hydrogens is 321 g/mol. The SMILES string of the molecule is Cc1nnc(N)n1C1CCN(C(=O)c2cc(F)ccc2Cl)CC1. The van der Waals surface area contributed by atoms with Gasteiger partial charge in [0.05, 0.1) is 10.6 Å². The van der Waals surface area contributed by atoms with E-state index in [9.17, 15) is 9.18 Å². The largest absolute Gasteiger partial charge is 0.368 e. The van der Waals surface area contributed by atoms with Gasteiger partial charge >= 0.3 is 0 Å². The topological polar surface area (TPSA) is 77.0 Å². The van der Waals surface area contributed by atoms with Crippen LogP contribution in [0.2, 0.25) is 5.02 Å². The Kier molecular flexibility index (Phi) is 4.21. The number of hydrogen-bond acceptors (Lipinski definition) is 4. The molecule has 0 aliphatic carbocycles. The molecule has 2 heterocycles. The second kappa shape index (κ2) is 6.16. The van der Waals surface area contributed by atoms with E-state index < -0.39 is 5.82 Å². The predicted octanol–water partition coefficient (Wildman–Crippen LogP) is 2.44. The number of benzene rings is 1. The first kappa shape index (κ1) is 15.7. The van der Waals surface area contributed by atoms with E-state index in [0.29, 0.717) is 19.0 Å². The molecule has 1 aliphatic rings. The van der Waals surface area contributed by atoms with Crippen LogP contribution in [0, 0.1) is 12.7 Å². The van der Waals surface area contributed by atoms with Crippen molar-refractivity contribution in [1.82, 2.24) is 19.7 Å². The number of likely N-dealkylation sites (tertiary alicyclic amines) is 1. The molecule has 23 heavy (non-hydrogen) atoms. The predicted molar refractivity (Wildman–Crippen MR) is 84.8 cm³/mol. The number of amides is 1. The van der Waals surface area contributed by atoms with Gasteiger partial charge in [0.15, 0.2) is 0 Å². The number of carbonyl (C=O) groups is 1. The van der Waals surface area contributed by atoms with Crippen molar-refractivity contribution in [3.63, 3.8) is 0 Å². The van der Waals surface area contributed by atoms with Crippen LogP contribution in [-0.2, 0) is 0 Å². The Bertz CT molecular complexity index is 720. The highest BCUT2D eigenvalue weighted by Gasteiger charge is 2.27. The summed E-state index contributed by atoms with van der Waals surface area (Å²) in [4.78, 5) is 14.2. The maximum atomic E-state index is 13.4. The van der Waals surface area contributed by atoms with E-state index >= 15 is 0 Å². The highest BCUT2D eigenvalue weighted by molar-refractivity contribution is 6.33. The minimum atomic E-state index is -0.472. The van der Waals surface area contributed by atoms with Crippen LogP contribution in [0.4, 0.5) is 10.3 Å². The summed E-state index contributed by atoms with van der Waals surface area (Å²) in [7, 11) is 0. The number of carbonyl (C=O) groups excluding carboxylic acids is 1. The van der Waals surface area contributed by atoms with Crippen LogP contribution in [0.3, 0.4) is 0 Å². The van der Waals surface area contributed by atoms with Crippen LogP contribution in [0.1, 0.15) is 35.1 Å². The number of nitrogens with two attached hydrogens (primary N) is 1. The normalized spacial score (nSPS) is 15.9. The molecule has 2 aromatic rings. The average molecular weight is 338 g/mol. The van der Waals surface area contributed by atoms with Gasteiger partial charge in [0, 0.05) is 19.1 Å². The van der Waals surface area contributed by atoms with Gasteiger partial charge in [-0.15, -0.1) is 10.2 Å². The fourth-order valence-electron chi connectivity index (χ4n) is 3.00. The molecule has 0 atom stereocenters. The maximum Gasteiger partial charge on any atom is 0.255 e. The van der Waals surface area contributed by atoms with E-state index in [2.05, 4.69) is 10.2 Å². The highest BCUT2D eigenvalue weighted by Crippen LogP contribution is 2.27. The number of aryl methyl sites for hydroxylation is 1. The van der Waals surface area contributed by atoms with E-state index in [0.717, 1.165) is 18.7 Å². The molecule has 1 amide bonds. The van der Waals surface area contributed by atoms with Crippen molar-refractivity contribution < 1.29 is 9.18 Å². The van der Waals surface area contributed by atoms with Gasteiger partial charge in [0.1, 0.15) is 11.6 Å². The first-order chi connectivity index (χ1) is 11.0. The van der Waals surface area contributed by atoms with Crippen molar-refractivity contribution in [2.45, 2.75) is 25.8 Å². The van der Waals surface area contributed by atoms with Gasteiger partial charge in [-0.3, -0.25) is 9.36 Å². The van der Waals surface area contributed by atoms with Crippen LogP contribution in [-0.4, -0.2) is 38.7 Å². The third-order valence-corrected chi connectivity index (χ3v) is 4.50. The van der Waals surface area contributed by atoms with Crippen molar-refractivity contribution in [2.75, 3.05) is 18.8 Å². The smallest absolute Gasteiger partial charge is 0.255 e. The number of rotatable bonds is 2. The Labute approximate surface area is 138 Å². The van der Waals surface area contributed by atoms with E-state index in [4.69, 9.17) is 17.3 Å². The molecule has 2 N–H and O–H groups in total. The summed E-state index contributed by atoms with van der Waals surface area (Å²) < 4.78 is 15.3. The van der Waals surface area contributed by atoms with Crippen molar-refractivity contribution in [1.29, 1.82) is 0 Å². The fraction of sp³-hybridized carbons (Fsp3) is 0.400. The van der Waals surface area contributed by atoms with Gasteiger partial charge in [-0.2, -0.15) is 0 Å². The number of nitrogens with zero attached hydrogens (tertiary/aromatic N) is 4. The lowest BCUT2D eigenvalue weighted by Crippen LogP contribution is -2.39. The molecular formula is C15H17ClFN5O. The Morgan fingerprint density at radius 1 is 1.35 bits per heavy atom. The molecule has 6 nitrogen and oxygen atoms in total. The van der Waals surface area contributed by atoms with Crippen molar-refractivity contribution in [3.05, 3.63) is 40.4 Å². The fourth-order valence-corrected chi connectivity index (χ4v) is 3.19. The van der Waals surface area contributed by atoms with Gasteiger partial charge in [0.2, 0.25) is 5.95 Å². The Hall–Kier alpha value is -2.15. The van der Waals surface area contributed by atoms with Crippen molar-refractivity contribution >= 4 is 23.5 Å². The molecule has 0 bridgehead atoms. The lowest BCUT2D eigenvalue weighted by Gasteiger charge is -2.33. The van der Waals surface area contributed by atoms with Crippen LogP contribution < -0.4 is 5.73 Å². The molecule has 1 fully saturated rings. The quantitative estimate of drug-likeness (QED) is 0.913. The number of hydrogen-bond donors (Lipinski definition) is 1. The molecule has 0 unspecified atom stereocenters. The van der Waals surface area contributed by atoms with Crippen LogP contribution in [0.25, 0.3) is 0 Å². The summed E-state index contributed by atoms with van der Waals surface area (Å²) in [6.45, 7) is 2.95. The number of aromatic nitrogens is 3. The molecule has 0 saturated carbocycles. The third-order valence-electron chi connectivity index (χ3n) is 4.17. The minimum Gasteiger partial charge on any atom is -0.368 e. The third kappa shape index (κ3) is 3.01. The molecule has 8 heteroatoms. The van der Waals surface area contributed by atoms with E-state index in [1.807, 2.05) is 11.5 Å². The zero-order valence-electron chi connectivity index (χ0n) is 12.7. The number of nitrogen functional groups attached to an aromatic ring is 1. The summed E-state index contributed by atoms with van der Waals surface area (Å²) in [5.74, 6) is 0.433. The first-order valence-corrected chi connectivity index (χ1v) is 7.76. The number of piperidine rings is 1. The second-order valence-electron chi connectivity index (χ2n) is 5.62. The molecule has 1 aromatic heterocycles. The highest BCUT2D eigenvalue weighted by atomic mass is 35.5. The van der Waals surface area contributed by atoms with Crippen molar-refractivity contribution in [3.8, 4) is 0 Å². The van der Waals surface area contributed by atoms with Gasteiger partial charge < -0.3 is 10.6 Å². The summed E-state index contributed by atoms with van der Waals surface area (Å²) in [6.07, 6.45) is 1.48. The molecule has 0 radical (unpaired) electrons. The van der Waals surface area contributed by atoms with E-state index in [1.165, 1.54) is 18.2 Å². The Morgan fingerprint density at radius 3 is 2.65 bits per heavy atom. The zero-order valence-corrected chi connectivity index (χ0v) is 13.4. The van der Waals surface area contributed by atoms with E-state index in [1.54, 1.807) is 4.90 Å². The average Bonchev–Trinajstić information content (AvgIpc) is 2.88. The lowest BCUT2D eigenvalue weighted by atomic mass is 10.0. The standard InChI is InChI=1S/C15H17ClFN5O/c1-9-19-20-15(18)22(9)11-4-6-21(7-5-11)14(23)12-8-10(17)2-3-13(12)16/h2-3,8,11H,4-7H2,1H3,(H2,18,20). The molecule has 3 rings (SSSR count). The van der Waals surface area contributed by atoms with Crippen LogP contribution >= 0.6 is 11.6 Å². The maximum absolute atomic E-state index is 13.4. The van der Waals surface area contributed by atoms with Crippen LogP contribution in [0.15, 0.2) is 18.2 Å². The van der Waals surface area contributed by atoms with Gasteiger partial charge in [-0.25, -0.2) is 4.39 Å². The number of anilines is 1. The summed E-state index contributed by atoms with van der Waals surface area (Å²) in [5.41, 5.74) is 6.04. The van der Waals surface area contributed by atoms with Crippen LogP contribution in [0.5, 0.6) is 0 Å². The van der Waals surface area contributed by atoms with E-state index in [-0.39, 0.29) is 22.5 Å². The molecule has 1 saturated heterocycles. The van der Waals surface area contributed by atoms with Gasteiger partial charge in [0.25, 0.3) is 5.91 Å². The molecule has 122 valence electrons. The van der Waals surface area contributed by atoms with Gasteiger partial charge in [-0.1, -0.05) is 11.6 Å². The zero-order chi connectivity index (χ0) is 16.6. The minimum absolute atomic E-state index is 0.164. The van der Waals surface area contributed by atoms with Crippen molar-refractivity contribution in [2.24, 2.45) is 0 Å². The lowest BCUT2D eigenvalue weighted by molar-refractivity contribution is 0.0694. The Balaban J connectivity index is 1.72. The van der Waals surface area contributed by atoms with Gasteiger partial charge in [-0.05, 0) is 38.0 Å². The summed E-state index contributed by atoms with van der Waals surface area (Å²) >= 11 is 6.01. The summed E-state index contributed by atoms with van der Waals surface area (Å²) in [6, 6.07) is 3.98. The molecule has 1 aromatic carbocycles. The number of halogens is 2. The molecule has 0 spiro atoms. The monoisotopic (exact) mass is 337 g/mol. The first-order valence-electron chi connectivity index (χ1n) is 7.38. The summed E-state index contributed by atoms with van der Waals surface area (Å²) in [5, 5.41) is 8.09. The second-order valence-corrected chi connectivity index (χ2v) is 6.03.